The van der Waals surface area contributed by atoms with Crippen LogP contribution in [0.5, 0.6) is 0 Å². The van der Waals surface area contributed by atoms with E-state index < -0.39 is 6.03 Å². The Labute approximate surface area is 167 Å². The van der Waals surface area contributed by atoms with Crippen molar-refractivity contribution in [3.63, 3.8) is 0 Å². The second-order valence-corrected chi connectivity index (χ2v) is 7.98. The number of ether oxygens (including phenoxy) is 2. The highest BCUT2D eigenvalue weighted by atomic mass is 16.5. The zero-order chi connectivity index (χ0) is 20.0. The zero-order valence-corrected chi connectivity index (χ0v) is 17.0. The average molecular weight is 389 g/mol. The van der Waals surface area contributed by atoms with Crippen molar-refractivity contribution in [1.82, 2.24) is 10.6 Å². The van der Waals surface area contributed by atoms with Crippen molar-refractivity contribution in [2.24, 2.45) is 5.41 Å². The van der Waals surface area contributed by atoms with E-state index in [-0.39, 0.29) is 11.5 Å². The fourth-order valence-corrected chi connectivity index (χ4v) is 4.89. The fraction of sp³-hybridized carbons (Fsp3) is 0.636. The van der Waals surface area contributed by atoms with Crippen LogP contribution < -0.4 is 10.6 Å². The molecule has 2 aliphatic rings. The third-order valence-electron chi connectivity index (χ3n) is 6.36. The molecule has 0 saturated heterocycles. The Balaban J connectivity index is 1.80. The predicted octanol–water partition coefficient (Wildman–Crippen LogP) is 3.28. The number of amides is 3. The summed E-state index contributed by atoms with van der Waals surface area (Å²) in [5.41, 5.74) is 3.77. The fourth-order valence-electron chi connectivity index (χ4n) is 4.89. The first-order valence-corrected chi connectivity index (χ1v) is 10.3. The summed E-state index contributed by atoms with van der Waals surface area (Å²) < 4.78 is 11.0. The van der Waals surface area contributed by atoms with Crippen LogP contribution in [-0.2, 0) is 27.1 Å². The summed E-state index contributed by atoms with van der Waals surface area (Å²) in [5, 5.41) is 5.32. The second kappa shape index (κ2) is 9.52. The number of urea groups is 1. The highest BCUT2D eigenvalue weighted by molar-refractivity contribution is 5.84. The van der Waals surface area contributed by atoms with Crippen molar-refractivity contribution in [2.75, 3.05) is 20.3 Å². The summed E-state index contributed by atoms with van der Waals surface area (Å²) in [6, 6.07) is 6.15. The number of rotatable bonds is 8. The molecule has 3 rings (SSSR count). The lowest BCUT2D eigenvalue weighted by molar-refractivity contribution is -0.108. The summed E-state index contributed by atoms with van der Waals surface area (Å²) in [5.74, 6) is 0. The van der Waals surface area contributed by atoms with Crippen molar-refractivity contribution < 1.29 is 19.1 Å². The summed E-state index contributed by atoms with van der Waals surface area (Å²) in [7, 11) is 1.77. The number of aryl methyl sites for hydroxylation is 1. The molecule has 2 aliphatic carbocycles. The first-order valence-electron chi connectivity index (χ1n) is 10.3. The van der Waals surface area contributed by atoms with Crippen molar-refractivity contribution in [3.8, 4) is 0 Å². The number of imide groups is 1. The number of methoxy groups -OCH3 is 1. The van der Waals surface area contributed by atoms with Gasteiger partial charge in [-0.05, 0) is 74.0 Å². The van der Waals surface area contributed by atoms with Crippen LogP contribution in [0.15, 0.2) is 18.2 Å². The topological polar surface area (TPSA) is 76.7 Å². The number of hydrogen-bond donors (Lipinski definition) is 2. The van der Waals surface area contributed by atoms with Crippen LogP contribution in [0.4, 0.5) is 4.79 Å². The summed E-state index contributed by atoms with van der Waals surface area (Å²) in [4.78, 5) is 22.9. The minimum atomic E-state index is -0.428. The van der Waals surface area contributed by atoms with E-state index in [0.717, 1.165) is 58.2 Å². The van der Waals surface area contributed by atoms with Crippen LogP contribution in [0.3, 0.4) is 0 Å². The van der Waals surface area contributed by atoms with Gasteiger partial charge in [-0.1, -0.05) is 18.2 Å². The highest BCUT2D eigenvalue weighted by Crippen LogP contribution is 2.54. The van der Waals surface area contributed by atoms with Gasteiger partial charge in [0.2, 0.25) is 6.41 Å². The minimum absolute atomic E-state index is 0.00152. The zero-order valence-electron chi connectivity index (χ0n) is 17.0. The van der Waals surface area contributed by atoms with Crippen LogP contribution in [0, 0.1) is 5.41 Å². The molecule has 0 aliphatic heterocycles. The van der Waals surface area contributed by atoms with E-state index in [9.17, 15) is 9.59 Å². The summed E-state index contributed by atoms with van der Waals surface area (Å²) >= 11 is 0. The van der Waals surface area contributed by atoms with Crippen molar-refractivity contribution >= 4 is 12.4 Å². The maximum absolute atomic E-state index is 12.2. The first kappa shape index (κ1) is 20.8. The Morgan fingerprint density at radius 1 is 1.32 bits per heavy atom. The molecular weight excluding hydrogens is 356 g/mol. The van der Waals surface area contributed by atoms with Gasteiger partial charge in [-0.2, -0.15) is 0 Å². The van der Waals surface area contributed by atoms with Crippen LogP contribution in [0.1, 0.15) is 61.8 Å². The van der Waals surface area contributed by atoms with Gasteiger partial charge in [0.05, 0.1) is 12.1 Å². The molecule has 6 nitrogen and oxygen atoms in total. The van der Waals surface area contributed by atoms with Gasteiger partial charge >= 0.3 is 6.03 Å². The van der Waals surface area contributed by atoms with Gasteiger partial charge in [0, 0.05) is 20.3 Å². The number of carbonyl (C=O) groups excluding carboxylic acids is 2. The molecule has 0 aromatic heterocycles. The average Bonchev–Trinajstić information content (AvgIpc) is 2.98. The molecule has 0 heterocycles. The van der Waals surface area contributed by atoms with Gasteiger partial charge in [0.15, 0.2) is 0 Å². The van der Waals surface area contributed by atoms with Gasteiger partial charge < -0.3 is 14.8 Å². The smallest absolute Gasteiger partial charge is 0.321 e. The number of carbonyl (C=O) groups is 2. The van der Waals surface area contributed by atoms with Crippen LogP contribution in [0.25, 0.3) is 0 Å². The predicted molar refractivity (Wildman–Crippen MR) is 107 cm³/mol. The standard InChI is InChI=1S/C22H32N2O4/c1-3-28-12-4-5-16-6-7-17-14-22(10-8-18(27-2)9-11-22)20(19(17)13-16)24-21(26)23-15-25/h6-7,13,15,18,20H,3-5,8-12,14H2,1-2H3,(H2,23,24,25,26). The second-order valence-electron chi connectivity index (χ2n) is 7.98. The normalized spacial score (nSPS) is 26.1. The maximum Gasteiger partial charge on any atom is 0.321 e. The molecule has 3 amide bonds. The summed E-state index contributed by atoms with van der Waals surface area (Å²) in [6.45, 7) is 3.51. The van der Waals surface area contributed by atoms with E-state index in [1.807, 2.05) is 6.92 Å². The Morgan fingerprint density at radius 3 is 2.79 bits per heavy atom. The molecule has 0 radical (unpaired) electrons. The monoisotopic (exact) mass is 388 g/mol. The molecule has 1 aromatic carbocycles. The molecule has 1 saturated carbocycles. The largest absolute Gasteiger partial charge is 0.382 e. The van der Waals surface area contributed by atoms with Crippen LogP contribution in [-0.4, -0.2) is 38.9 Å². The van der Waals surface area contributed by atoms with Gasteiger partial charge in [-0.3, -0.25) is 10.1 Å². The third kappa shape index (κ3) is 4.55. The number of fused-ring (bicyclic) bond motifs is 1. The van der Waals surface area contributed by atoms with Gasteiger partial charge in [-0.25, -0.2) is 4.79 Å². The Hall–Kier alpha value is -1.92. The van der Waals surface area contributed by atoms with Crippen molar-refractivity contribution in [3.05, 3.63) is 34.9 Å². The van der Waals surface area contributed by atoms with Gasteiger partial charge in [-0.15, -0.1) is 0 Å². The molecule has 1 unspecified atom stereocenters. The Bertz CT molecular complexity index is 683. The Kier molecular flexibility index (Phi) is 7.08. The molecule has 2 N–H and O–H groups in total. The lowest BCUT2D eigenvalue weighted by Crippen LogP contribution is -2.45. The van der Waals surface area contributed by atoms with E-state index in [0.29, 0.717) is 12.5 Å². The molecule has 1 spiro atoms. The van der Waals surface area contributed by atoms with Crippen LogP contribution >= 0.6 is 0 Å². The number of benzene rings is 1. The maximum atomic E-state index is 12.2. The number of hydrogen-bond acceptors (Lipinski definition) is 4. The van der Waals surface area contributed by atoms with Gasteiger partial charge in [0.1, 0.15) is 0 Å². The number of nitrogens with one attached hydrogen (secondary N) is 2. The third-order valence-corrected chi connectivity index (χ3v) is 6.36. The van der Waals surface area contributed by atoms with E-state index >= 15 is 0 Å². The van der Waals surface area contributed by atoms with Crippen molar-refractivity contribution in [1.29, 1.82) is 0 Å². The molecule has 1 atom stereocenters. The molecule has 6 heteroatoms. The molecule has 0 bridgehead atoms. The summed E-state index contributed by atoms with van der Waals surface area (Å²) in [6.07, 6.45) is 7.65. The SMILES string of the molecule is CCOCCCc1ccc2c(c1)C(NC(=O)NC=O)C1(CCC(OC)CC1)C2. The Morgan fingerprint density at radius 2 is 2.11 bits per heavy atom. The van der Waals surface area contributed by atoms with E-state index in [1.54, 1.807) is 7.11 Å². The molecule has 1 aromatic rings. The highest BCUT2D eigenvalue weighted by Gasteiger charge is 2.48. The van der Waals surface area contributed by atoms with Crippen LogP contribution in [0.2, 0.25) is 0 Å². The van der Waals surface area contributed by atoms with E-state index in [2.05, 4.69) is 28.8 Å². The molecule has 154 valence electrons. The molecule has 28 heavy (non-hydrogen) atoms. The van der Waals surface area contributed by atoms with Gasteiger partial charge in [0.25, 0.3) is 0 Å². The van der Waals surface area contributed by atoms with E-state index in [1.165, 1.54) is 16.7 Å². The first-order chi connectivity index (χ1) is 13.6. The van der Waals surface area contributed by atoms with E-state index in [4.69, 9.17) is 9.47 Å². The quantitative estimate of drug-likeness (QED) is 0.529. The molecular formula is C22H32N2O4. The molecule has 1 fully saturated rings. The lowest BCUT2D eigenvalue weighted by Gasteiger charge is -2.41. The lowest BCUT2D eigenvalue weighted by atomic mass is 9.68. The van der Waals surface area contributed by atoms with Crippen molar-refractivity contribution in [2.45, 2.75) is 64.0 Å². The minimum Gasteiger partial charge on any atom is -0.382 e.